The van der Waals surface area contributed by atoms with E-state index in [1.54, 1.807) is 60.3 Å². The molecule has 0 bridgehead atoms. The van der Waals surface area contributed by atoms with Gasteiger partial charge in [0, 0.05) is 36.6 Å². The van der Waals surface area contributed by atoms with E-state index in [1.165, 1.54) is 6.07 Å². The van der Waals surface area contributed by atoms with E-state index in [2.05, 4.69) is 24.1 Å². The largest absolute Gasteiger partial charge is 0.484 e. The lowest BCUT2D eigenvalue weighted by atomic mass is 9.97. The highest BCUT2D eigenvalue weighted by Crippen LogP contribution is 2.23. The van der Waals surface area contributed by atoms with Crippen molar-refractivity contribution < 1.29 is 18.7 Å². The summed E-state index contributed by atoms with van der Waals surface area (Å²) in [6, 6.07) is 11.9. The van der Waals surface area contributed by atoms with E-state index in [9.17, 15) is 14.0 Å². The second kappa shape index (κ2) is 10.7. The summed E-state index contributed by atoms with van der Waals surface area (Å²) in [4.78, 5) is 31.2. The highest BCUT2D eigenvalue weighted by molar-refractivity contribution is 5.94. The first-order valence-electron chi connectivity index (χ1n) is 11.9. The smallest absolute Gasteiger partial charge is 0.260 e. The molecule has 1 fully saturated rings. The van der Waals surface area contributed by atoms with Crippen LogP contribution in [0.3, 0.4) is 0 Å². The third-order valence-electron chi connectivity index (χ3n) is 6.51. The molecule has 0 radical (unpaired) electrons. The summed E-state index contributed by atoms with van der Waals surface area (Å²) in [5.74, 6) is 0.533. The van der Waals surface area contributed by atoms with Crippen molar-refractivity contribution in [2.45, 2.75) is 58.7 Å². The van der Waals surface area contributed by atoms with Crippen molar-refractivity contribution >= 4 is 11.8 Å². The summed E-state index contributed by atoms with van der Waals surface area (Å²) in [7, 11) is 0. The lowest BCUT2D eigenvalue weighted by Crippen LogP contribution is -2.49. The minimum Gasteiger partial charge on any atom is -0.484 e. The van der Waals surface area contributed by atoms with E-state index in [-0.39, 0.29) is 42.9 Å². The van der Waals surface area contributed by atoms with Crippen LogP contribution in [0.15, 0.2) is 54.9 Å². The molecule has 35 heavy (non-hydrogen) atoms. The molecule has 4 rings (SSSR count). The van der Waals surface area contributed by atoms with Crippen molar-refractivity contribution in [2.75, 3.05) is 6.61 Å². The standard InChI is InChI=1S/C27H31FN4O3/c1-18-5-4-6-19(2)32(18)26(33)17-35-23-10-8-22(9-11-23)27(34)30-16-21-7-12-25(24(28)15-21)31-14-13-29-20(31)3/h7-15,18-19H,4-6,16-17H2,1-3H3,(H,30,34). The molecule has 0 saturated carbocycles. The van der Waals surface area contributed by atoms with Crippen molar-refractivity contribution in [2.24, 2.45) is 0 Å². The normalized spacial score (nSPS) is 17.8. The summed E-state index contributed by atoms with van der Waals surface area (Å²) < 4.78 is 21.9. The molecule has 8 heteroatoms. The van der Waals surface area contributed by atoms with Crippen LogP contribution in [0.4, 0.5) is 4.39 Å². The molecule has 2 aromatic carbocycles. The number of rotatable bonds is 7. The molecule has 1 aliphatic rings. The van der Waals surface area contributed by atoms with E-state index in [0.717, 1.165) is 19.3 Å². The molecule has 0 spiro atoms. The number of aryl methyl sites for hydroxylation is 1. The fraction of sp³-hybridized carbons (Fsp3) is 0.370. The van der Waals surface area contributed by atoms with Crippen molar-refractivity contribution in [1.29, 1.82) is 0 Å². The van der Waals surface area contributed by atoms with Gasteiger partial charge in [0.1, 0.15) is 17.4 Å². The molecule has 184 valence electrons. The minimum atomic E-state index is -0.387. The number of nitrogens with one attached hydrogen (secondary N) is 1. The van der Waals surface area contributed by atoms with E-state index in [0.29, 0.717) is 28.4 Å². The first-order valence-corrected chi connectivity index (χ1v) is 11.9. The first kappa shape index (κ1) is 24.4. The number of imidazole rings is 1. The van der Waals surface area contributed by atoms with Crippen molar-refractivity contribution in [1.82, 2.24) is 19.8 Å². The Morgan fingerprint density at radius 2 is 1.83 bits per heavy atom. The van der Waals surface area contributed by atoms with Crippen molar-refractivity contribution in [3.8, 4) is 11.4 Å². The maximum Gasteiger partial charge on any atom is 0.260 e. The van der Waals surface area contributed by atoms with Crippen molar-refractivity contribution in [3.05, 3.63) is 77.6 Å². The van der Waals surface area contributed by atoms with Gasteiger partial charge in [-0.15, -0.1) is 0 Å². The predicted octanol–water partition coefficient (Wildman–Crippen LogP) is 4.42. The van der Waals surface area contributed by atoms with Crippen molar-refractivity contribution in [3.63, 3.8) is 0 Å². The SMILES string of the molecule is Cc1nccn1-c1ccc(CNC(=O)c2ccc(OCC(=O)N3C(C)CCCC3C)cc2)cc1F. The summed E-state index contributed by atoms with van der Waals surface area (Å²) in [5.41, 5.74) is 1.51. The Balaban J connectivity index is 1.29. The van der Waals surface area contributed by atoms with Crippen LogP contribution >= 0.6 is 0 Å². The van der Waals surface area contributed by atoms with Gasteiger partial charge in [0.2, 0.25) is 0 Å². The summed E-state index contributed by atoms with van der Waals surface area (Å²) >= 11 is 0. The average molecular weight is 479 g/mol. The van der Waals surface area contributed by atoms with E-state index >= 15 is 0 Å². The quantitative estimate of drug-likeness (QED) is 0.546. The highest BCUT2D eigenvalue weighted by Gasteiger charge is 2.29. The van der Waals surface area contributed by atoms with Crippen LogP contribution in [-0.4, -0.2) is 45.0 Å². The van der Waals surface area contributed by atoms with Crippen LogP contribution < -0.4 is 10.1 Å². The lowest BCUT2D eigenvalue weighted by molar-refractivity contribution is -0.139. The van der Waals surface area contributed by atoms with E-state index in [4.69, 9.17) is 4.74 Å². The topological polar surface area (TPSA) is 76.5 Å². The number of piperidine rings is 1. The lowest BCUT2D eigenvalue weighted by Gasteiger charge is -2.38. The molecule has 2 atom stereocenters. The van der Waals surface area contributed by atoms with Crippen LogP contribution in [0.25, 0.3) is 5.69 Å². The molecule has 3 aromatic rings. The third kappa shape index (κ3) is 5.70. The van der Waals surface area contributed by atoms with Gasteiger partial charge in [-0.2, -0.15) is 0 Å². The second-order valence-electron chi connectivity index (χ2n) is 9.06. The zero-order valence-electron chi connectivity index (χ0n) is 20.3. The zero-order valence-corrected chi connectivity index (χ0v) is 20.3. The maximum atomic E-state index is 14.6. The molecule has 1 aromatic heterocycles. The Bertz CT molecular complexity index is 1180. The second-order valence-corrected chi connectivity index (χ2v) is 9.06. The number of amides is 2. The Labute approximate surface area is 204 Å². The molecule has 0 aliphatic carbocycles. The van der Waals surface area contributed by atoms with Gasteiger partial charge in [0.05, 0.1) is 5.69 Å². The molecular weight excluding hydrogens is 447 g/mol. The van der Waals surface area contributed by atoms with Gasteiger partial charge < -0.3 is 19.5 Å². The van der Waals surface area contributed by atoms with Crippen LogP contribution in [0.5, 0.6) is 5.75 Å². The Morgan fingerprint density at radius 1 is 1.11 bits per heavy atom. The minimum absolute atomic E-state index is 0.0204. The zero-order chi connectivity index (χ0) is 24.9. The molecule has 1 N–H and O–H groups in total. The molecule has 1 saturated heterocycles. The summed E-state index contributed by atoms with van der Waals surface area (Å²) in [6.45, 7) is 6.12. The van der Waals surface area contributed by atoms with E-state index in [1.807, 2.05) is 4.90 Å². The van der Waals surface area contributed by atoms with Crippen LogP contribution in [0.1, 0.15) is 54.9 Å². The van der Waals surface area contributed by atoms with Crippen LogP contribution in [0, 0.1) is 12.7 Å². The number of hydrogen-bond acceptors (Lipinski definition) is 4. The van der Waals surface area contributed by atoms with E-state index < -0.39 is 0 Å². The van der Waals surface area contributed by atoms with Crippen LogP contribution in [0.2, 0.25) is 0 Å². The number of carbonyl (C=O) groups is 2. The average Bonchev–Trinajstić information content (AvgIpc) is 3.27. The molecule has 2 amide bonds. The summed E-state index contributed by atoms with van der Waals surface area (Å²) in [6.07, 6.45) is 6.49. The Hall–Kier alpha value is -3.68. The maximum absolute atomic E-state index is 14.6. The Kier molecular flexibility index (Phi) is 7.48. The number of aromatic nitrogens is 2. The number of likely N-dealkylation sites (tertiary alicyclic amines) is 1. The molecule has 1 aliphatic heterocycles. The first-order chi connectivity index (χ1) is 16.8. The van der Waals surface area contributed by atoms with Gasteiger partial charge in [0.25, 0.3) is 11.8 Å². The highest BCUT2D eigenvalue weighted by atomic mass is 19.1. The van der Waals surface area contributed by atoms with Gasteiger partial charge in [-0.3, -0.25) is 9.59 Å². The number of carbonyl (C=O) groups excluding carboxylic acids is 2. The number of halogens is 1. The fourth-order valence-electron chi connectivity index (χ4n) is 4.61. The van der Waals surface area contributed by atoms with Gasteiger partial charge in [0.15, 0.2) is 6.61 Å². The molecular formula is C27H31FN4O3. The van der Waals surface area contributed by atoms with Crippen LogP contribution in [-0.2, 0) is 11.3 Å². The number of benzene rings is 2. The predicted molar refractivity (Wildman–Crippen MR) is 131 cm³/mol. The number of nitrogens with zero attached hydrogens (tertiary/aromatic N) is 3. The Morgan fingerprint density at radius 3 is 2.46 bits per heavy atom. The third-order valence-corrected chi connectivity index (χ3v) is 6.51. The van der Waals surface area contributed by atoms with Gasteiger partial charge in [-0.05, 0) is 82.0 Å². The number of ether oxygens (including phenoxy) is 1. The van der Waals surface area contributed by atoms with Gasteiger partial charge >= 0.3 is 0 Å². The number of hydrogen-bond donors (Lipinski definition) is 1. The molecule has 2 unspecified atom stereocenters. The molecule has 2 heterocycles. The monoisotopic (exact) mass is 478 g/mol. The van der Waals surface area contributed by atoms with Gasteiger partial charge in [-0.1, -0.05) is 6.07 Å². The summed E-state index contributed by atoms with van der Waals surface area (Å²) in [5, 5.41) is 2.80. The van der Waals surface area contributed by atoms with Gasteiger partial charge in [-0.25, -0.2) is 9.37 Å². The molecule has 7 nitrogen and oxygen atoms in total. The fourth-order valence-corrected chi connectivity index (χ4v) is 4.61.